The van der Waals surface area contributed by atoms with Crippen LogP contribution in [0.3, 0.4) is 0 Å². The van der Waals surface area contributed by atoms with Gasteiger partial charge in [-0.2, -0.15) is 0 Å². The third-order valence-corrected chi connectivity index (χ3v) is 6.87. The highest BCUT2D eigenvalue weighted by Gasteiger charge is 2.60. The molecule has 5 rings (SSSR count). The second kappa shape index (κ2) is 9.26. The Morgan fingerprint density at radius 2 is 1.59 bits per heavy atom. The predicted molar refractivity (Wildman–Crippen MR) is 133 cm³/mol. The SMILES string of the molecule is COc1ccc([C@@H]2[C@H]3C(=O)N(c4ccc([N+](=O)[O-])cc4)C(=O)[C@H]3ON2c2cccc([N+](=O)[O-])c2)cc1Br. The van der Waals surface area contributed by atoms with E-state index in [0.717, 1.165) is 4.90 Å². The number of hydrogen-bond donors (Lipinski definition) is 0. The van der Waals surface area contributed by atoms with Crippen molar-refractivity contribution in [3.63, 3.8) is 0 Å². The lowest BCUT2D eigenvalue weighted by Crippen LogP contribution is -2.37. The van der Waals surface area contributed by atoms with Crippen LogP contribution in [0.2, 0.25) is 0 Å². The Morgan fingerprint density at radius 3 is 2.22 bits per heavy atom. The number of ether oxygens (including phenoxy) is 1. The zero-order valence-electron chi connectivity index (χ0n) is 19.0. The van der Waals surface area contributed by atoms with E-state index in [1.165, 1.54) is 54.6 Å². The van der Waals surface area contributed by atoms with Gasteiger partial charge in [0.2, 0.25) is 5.91 Å². The Kier molecular flexibility index (Phi) is 6.09. The lowest BCUT2D eigenvalue weighted by Gasteiger charge is -2.29. The van der Waals surface area contributed by atoms with E-state index in [4.69, 9.17) is 9.57 Å². The Bertz CT molecular complexity index is 1450. The number of amides is 2. The van der Waals surface area contributed by atoms with Gasteiger partial charge in [-0.1, -0.05) is 12.1 Å². The Hall–Kier alpha value is -4.36. The summed E-state index contributed by atoms with van der Waals surface area (Å²) < 4.78 is 5.89. The van der Waals surface area contributed by atoms with E-state index in [1.807, 2.05) is 0 Å². The third kappa shape index (κ3) is 4.07. The first-order valence-corrected chi connectivity index (χ1v) is 11.7. The fourth-order valence-corrected chi connectivity index (χ4v) is 5.12. The molecule has 2 aliphatic rings. The van der Waals surface area contributed by atoms with Gasteiger partial charge in [-0.3, -0.25) is 34.7 Å². The van der Waals surface area contributed by atoms with Crippen LogP contribution in [0.25, 0.3) is 0 Å². The summed E-state index contributed by atoms with van der Waals surface area (Å²) in [5, 5.41) is 23.7. The molecule has 37 heavy (non-hydrogen) atoms. The number of benzene rings is 3. The average molecular weight is 569 g/mol. The number of rotatable bonds is 6. The van der Waals surface area contributed by atoms with Crippen molar-refractivity contribution in [2.24, 2.45) is 5.92 Å². The van der Waals surface area contributed by atoms with Crippen molar-refractivity contribution >= 4 is 50.5 Å². The number of nitrogens with zero attached hydrogens (tertiary/aromatic N) is 4. The topological polar surface area (TPSA) is 145 Å². The summed E-state index contributed by atoms with van der Waals surface area (Å²) in [6, 6.07) is 15.1. The molecule has 2 fully saturated rings. The molecule has 0 aromatic heterocycles. The second-order valence-corrected chi connectivity index (χ2v) is 9.13. The van der Waals surface area contributed by atoms with Gasteiger partial charge in [0.05, 0.1) is 38.8 Å². The number of hydroxylamine groups is 1. The number of imide groups is 1. The molecule has 0 N–H and O–H groups in total. The molecule has 2 saturated heterocycles. The summed E-state index contributed by atoms with van der Waals surface area (Å²) >= 11 is 3.44. The summed E-state index contributed by atoms with van der Waals surface area (Å²) in [7, 11) is 1.51. The molecule has 0 saturated carbocycles. The highest BCUT2D eigenvalue weighted by Crippen LogP contribution is 2.48. The highest BCUT2D eigenvalue weighted by molar-refractivity contribution is 9.10. The Balaban J connectivity index is 1.58. The van der Waals surface area contributed by atoms with Crippen molar-refractivity contribution in [1.29, 1.82) is 0 Å². The van der Waals surface area contributed by atoms with E-state index >= 15 is 0 Å². The van der Waals surface area contributed by atoms with Crippen LogP contribution < -0.4 is 14.7 Å². The van der Waals surface area contributed by atoms with E-state index in [2.05, 4.69) is 15.9 Å². The van der Waals surface area contributed by atoms with E-state index in [9.17, 15) is 29.8 Å². The zero-order valence-corrected chi connectivity index (χ0v) is 20.6. The zero-order chi connectivity index (χ0) is 26.4. The molecule has 2 amide bonds. The molecular weight excluding hydrogens is 552 g/mol. The summed E-state index contributed by atoms with van der Waals surface area (Å²) in [6.45, 7) is 0. The van der Waals surface area contributed by atoms with Gasteiger partial charge in [0, 0.05) is 24.3 Å². The highest BCUT2D eigenvalue weighted by atomic mass is 79.9. The Morgan fingerprint density at radius 1 is 0.892 bits per heavy atom. The maximum atomic E-state index is 13.7. The number of nitro groups is 2. The summed E-state index contributed by atoms with van der Waals surface area (Å²) in [5.74, 6) is -1.66. The van der Waals surface area contributed by atoms with Gasteiger partial charge in [-0.25, -0.2) is 9.96 Å². The van der Waals surface area contributed by atoms with Crippen molar-refractivity contribution in [2.75, 3.05) is 17.1 Å². The van der Waals surface area contributed by atoms with Crippen LogP contribution in [-0.4, -0.2) is 34.9 Å². The number of fused-ring (bicyclic) bond motifs is 1. The van der Waals surface area contributed by atoms with Crippen LogP contribution in [0.1, 0.15) is 11.6 Å². The fraction of sp³-hybridized carbons (Fsp3) is 0.167. The van der Waals surface area contributed by atoms with Gasteiger partial charge in [0.25, 0.3) is 17.3 Å². The number of nitro benzene ring substituents is 2. The van der Waals surface area contributed by atoms with Crippen molar-refractivity contribution < 1.29 is 29.0 Å². The number of halogens is 1. The molecule has 188 valence electrons. The molecule has 3 atom stereocenters. The van der Waals surface area contributed by atoms with Gasteiger partial charge in [0.15, 0.2) is 6.10 Å². The number of hydrogen-bond acceptors (Lipinski definition) is 9. The maximum Gasteiger partial charge on any atom is 0.271 e. The van der Waals surface area contributed by atoms with Gasteiger partial charge in [0.1, 0.15) is 11.7 Å². The van der Waals surface area contributed by atoms with Crippen LogP contribution in [0, 0.1) is 26.1 Å². The molecule has 3 aromatic rings. The van der Waals surface area contributed by atoms with Crippen molar-refractivity contribution in [1.82, 2.24) is 0 Å². The third-order valence-electron chi connectivity index (χ3n) is 6.25. The van der Waals surface area contributed by atoms with Gasteiger partial charge < -0.3 is 4.74 Å². The number of carbonyl (C=O) groups is 2. The second-order valence-electron chi connectivity index (χ2n) is 8.28. The number of anilines is 2. The largest absolute Gasteiger partial charge is 0.496 e. The maximum absolute atomic E-state index is 13.7. The smallest absolute Gasteiger partial charge is 0.271 e. The summed E-state index contributed by atoms with van der Waals surface area (Å²) in [5.41, 5.74) is 0.701. The van der Waals surface area contributed by atoms with E-state index < -0.39 is 39.7 Å². The lowest BCUT2D eigenvalue weighted by molar-refractivity contribution is -0.385. The van der Waals surface area contributed by atoms with Crippen LogP contribution in [0.5, 0.6) is 5.75 Å². The Labute approximate surface area is 217 Å². The molecule has 3 aromatic carbocycles. The molecule has 0 spiro atoms. The van der Waals surface area contributed by atoms with E-state index in [-0.39, 0.29) is 17.1 Å². The van der Waals surface area contributed by atoms with Gasteiger partial charge in [-0.15, -0.1) is 0 Å². The van der Waals surface area contributed by atoms with E-state index in [0.29, 0.717) is 21.5 Å². The number of carbonyl (C=O) groups excluding carboxylic acids is 2. The van der Waals surface area contributed by atoms with Crippen LogP contribution in [0.15, 0.2) is 71.2 Å². The van der Waals surface area contributed by atoms with E-state index in [1.54, 1.807) is 24.3 Å². The van der Waals surface area contributed by atoms with Crippen LogP contribution >= 0.6 is 15.9 Å². The standard InChI is InChI=1S/C24H17BrN4O8/c1-36-19-10-5-13(11-18(19)25)21-20-22(37-27(21)16-3-2-4-17(12-16)29(34)35)24(31)26(23(20)30)14-6-8-15(9-7-14)28(32)33/h2-12,20-22H,1H3/t20-,21-,22+/m1/s1. The first-order chi connectivity index (χ1) is 17.7. The first-order valence-electron chi connectivity index (χ1n) is 10.9. The normalized spacial score (nSPS) is 20.8. The molecule has 2 aliphatic heterocycles. The minimum atomic E-state index is -1.21. The molecular formula is C24H17BrN4O8. The van der Waals surface area contributed by atoms with Crippen molar-refractivity contribution in [3.8, 4) is 5.75 Å². The van der Waals surface area contributed by atoms with Crippen molar-refractivity contribution in [3.05, 3.63) is 97.0 Å². The average Bonchev–Trinajstić information content (AvgIpc) is 3.40. The minimum Gasteiger partial charge on any atom is -0.496 e. The molecule has 0 aliphatic carbocycles. The molecule has 0 unspecified atom stereocenters. The van der Waals surface area contributed by atoms with Gasteiger partial charge >= 0.3 is 0 Å². The van der Waals surface area contributed by atoms with Gasteiger partial charge in [-0.05, 0) is 51.8 Å². The fourth-order valence-electron chi connectivity index (χ4n) is 4.57. The predicted octanol–water partition coefficient (Wildman–Crippen LogP) is 4.33. The minimum absolute atomic E-state index is 0.176. The molecule has 13 heteroatoms. The van der Waals surface area contributed by atoms with Crippen LogP contribution in [-0.2, 0) is 14.4 Å². The molecule has 2 heterocycles. The quantitative estimate of drug-likeness (QED) is 0.241. The van der Waals surface area contributed by atoms with Crippen LogP contribution in [0.4, 0.5) is 22.7 Å². The first kappa shape index (κ1) is 24.3. The molecule has 12 nitrogen and oxygen atoms in total. The monoisotopic (exact) mass is 568 g/mol. The number of methoxy groups -OCH3 is 1. The summed E-state index contributed by atoms with van der Waals surface area (Å²) in [4.78, 5) is 55.3. The lowest BCUT2D eigenvalue weighted by atomic mass is 9.90. The van der Waals surface area contributed by atoms with Crippen molar-refractivity contribution in [2.45, 2.75) is 12.1 Å². The molecule has 0 bridgehead atoms. The summed E-state index contributed by atoms with van der Waals surface area (Å²) in [6.07, 6.45) is -1.21. The molecule has 0 radical (unpaired) electrons. The number of non-ortho nitro benzene ring substituents is 2.